The largest absolute Gasteiger partial charge is 0.395 e. The SMILES string of the molecule is OC[C@@H](Br)C12CC3CC(CC(C3)C1)C2. The van der Waals surface area contributed by atoms with E-state index < -0.39 is 0 Å². The minimum Gasteiger partial charge on any atom is -0.395 e. The second-order valence-corrected chi connectivity index (χ2v) is 7.04. The van der Waals surface area contributed by atoms with E-state index in [2.05, 4.69) is 15.9 Å². The van der Waals surface area contributed by atoms with E-state index in [4.69, 9.17) is 0 Å². The van der Waals surface area contributed by atoms with Gasteiger partial charge in [-0.1, -0.05) is 15.9 Å². The van der Waals surface area contributed by atoms with Gasteiger partial charge in [0.15, 0.2) is 0 Å². The summed E-state index contributed by atoms with van der Waals surface area (Å²) in [5.41, 5.74) is 0.476. The first-order valence-electron chi connectivity index (χ1n) is 5.97. The molecule has 4 rings (SSSR count). The van der Waals surface area contributed by atoms with Gasteiger partial charge in [-0.3, -0.25) is 0 Å². The molecule has 0 radical (unpaired) electrons. The molecular weight excluding hydrogens is 240 g/mol. The summed E-state index contributed by atoms with van der Waals surface area (Å²) >= 11 is 3.72. The van der Waals surface area contributed by atoms with Crippen molar-refractivity contribution in [1.29, 1.82) is 0 Å². The van der Waals surface area contributed by atoms with Gasteiger partial charge in [-0.2, -0.15) is 0 Å². The highest BCUT2D eigenvalue weighted by Gasteiger charge is 2.53. The quantitative estimate of drug-likeness (QED) is 0.756. The Kier molecular flexibility index (Phi) is 2.22. The van der Waals surface area contributed by atoms with Crippen LogP contribution in [0.2, 0.25) is 0 Å². The molecule has 0 spiro atoms. The second-order valence-electron chi connectivity index (χ2n) is 5.93. The summed E-state index contributed by atoms with van der Waals surface area (Å²) in [6.45, 7) is 0.326. The molecule has 4 fully saturated rings. The molecule has 14 heavy (non-hydrogen) atoms. The summed E-state index contributed by atoms with van der Waals surface area (Å²) in [6.07, 6.45) is 8.62. The molecule has 2 heteroatoms. The molecule has 0 unspecified atom stereocenters. The number of aliphatic hydroxyl groups is 1. The van der Waals surface area contributed by atoms with Crippen molar-refractivity contribution >= 4 is 15.9 Å². The van der Waals surface area contributed by atoms with Crippen LogP contribution in [0.5, 0.6) is 0 Å². The smallest absolute Gasteiger partial charge is 0.0561 e. The molecular formula is C12H19BrO. The maximum atomic E-state index is 9.35. The third kappa shape index (κ3) is 1.30. The van der Waals surface area contributed by atoms with Crippen molar-refractivity contribution in [3.8, 4) is 0 Å². The molecule has 0 aromatic rings. The maximum absolute atomic E-state index is 9.35. The van der Waals surface area contributed by atoms with Gasteiger partial charge in [0.2, 0.25) is 0 Å². The second kappa shape index (κ2) is 3.21. The van der Waals surface area contributed by atoms with Crippen LogP contribution in [0, 0.1) is 23.2 Å². The minimum atomic E-state index is 0.326. The van der Waals surface area contributed by atoms with E-state index in [1.807, 2.05) is 0 Å². The van der Waals surface area contributed by atoms with Gasteiger partial charge in [-0.05, 0) is 61.7 Å². The number of aliphatic hydroxyl groups excluding tert-OH is 1. The summed E-state index contributed by atoms with van der Waals surface area (Å²) < 4.78 is 0. The van der Waals surface area contributed by atoms with Crippen molar-refractivity contribution in [3.63, 3.8) is 0 Å². The third-order valence-corrected chi connectivity index (χ3v) is 6.17. The van der Waals surface area contributed by atoms with Gasteiger partial charge in [-0.15, -0.1) is 0 Å². The van der Waals surface area contributed by atoms with Gasteiger partial charge in [0.1, 0.15) is 0 Å². The highest BCUT2D eigenvalue weighted by Crippen LogP contribution is 2.62. The van der Waals surface area contributed by atoms with Gasteiger partial charge in [0.25, 0.3) is 0 Å². The van der Waals surface area contributed by atoms with E-state index in [0.717, 1.165) is 17.8 Å². The number of hydrogen-bond donors (Lipinski definition) is 1. The van der Waals surface area contributed by atoms with E-state index >= 15 is 0 Å². The summed E-state index contributed by atoms with van der Waals surface area (Å²) in [4.78, 5) is 0.364. The van der Waals surface area contributed by atoms with Crippen LogP contribution in [-0.2, 0) is 0 Å². The molecule has 1 N–H and O–H groups in total. The first-order chi connectivity index (χ1) is 6.72. The Morgan fingerprint density at radius 2 is 1.50 bits per heavy atom. The zero-order valence-electron chi connectivity index (χ0n) is 8.58. The Morgan fingerprint density at radius 3 is 1.86 bits per heavy atom. The highest BCUT2D eigenvalue weighted by molar-refractivity contribution is 9.09. The van der Waals surface area contributed by atoms with Gasteiger partial charge < -0.3 is 5.11 Å². The predicted molar refractivity (Wildman–Crippen MR) is 60.4 cm³/mol. The molecule has 4 aliphatic carbocycles. The van der Waals surface area contributed by atoms with Crippen LogP contribution in [0.3, 0.4) is 0 Å². The van der Waals surface area contributed by atoms with E-state index in [1.54, 1.807) is 0 Å². The van der Waals surface area contributed by atoms with E-state index in [1.165, 1.54) is 38.5 Å². The Morgan fingerprint density at radius 1 is 1.07 bits per heavy atom. The highest BCUT2D eigenvalue weighted by atomic mass is 79.9. The van der Waals surface area contributed by atoms with Gasteiger partial charge in [0.05, 0.1) is 6.61 Å². The Balaban J connectivity index is 1.87. The van der Waals surface area contributed by atoms with Crippen molar-refractivity contribution in [2.24, 2.45) is 23.2 Å². The molecule has 0 aromatic carbocycles. The van der Waals surface area contributed by atoms with Crippen molar-refractivity contribution in [2.45, 2.75) is 43.4 Å². The first-order valence-corrected chi connectivity index (χ1v) is 6.88. The summed E-state index contributed by atoms with van der Waals surface area (Å²) in [7, 11) is 0. The molecule has 4 bridgehead atoms. The minimum absolute atomic E-state index is 0.326. The van der Waals surface area contributed by atoms with Crippen molar-refractivity contribution < 1.29 is 5.11 Å². The first kappa shape index (κ1) is 9.65. The van der Waals surface area contributed by atoms with E-state index in [9.17, 15) is 5.11 Å². The molecule has 0 heterocycles. The lowest BCUT2D eigenvalue weighted by Crippen LogP contribution is -2.50. The topological polar surface area (TPSA) is 20.2 Å². The van der Waals surface area contributed by atoms with Gasteiger partial charge in [0, 0.05) is 4.83 Å². The molecule has 4 aliphatic rings. The van der Waals surface area contributed by atoms with E-state index in [-0.39, 0.29) is 0 Å². The molecule has 0 aromatic heterocycles. The normalized spacial score (nSPS) is 52.3. The zero-order valence-corrected chi connectivity index (χ0v) is 10.2. The van der Waals surface area contributed by atoms with Crippen LogP contribution < -0.4 is 0 Å². The Hall–Kier alpha value is 0.440. The Bertz CT molecular complexity index is 203. The summed E-state index contributed by atoms with van der Waals surface area (Å²) in [5, 5.41) is 9.35. The third-order valence-electron chi connectivity index (χ3n) is 4.91. The van der Waals surface area contributed by atoms with Crippen LogP contribution in [-0.4, -0.2) is 16.5 Å². The monoisotopic (exact) mass is 258 g/mol. The van der Waals surface area contributed by atoms with Crippen molar-refractivity contribution in [1.82, 2.24) is 0 Å². The fourth-order valence-electron chi connectivity index (χ4n) is 4.75. The molecule has 1 nitrogen and oxygen atoms in total. The Labute approximate surface area is 94.4 Å². The summed E-state index contributed by atoms with van der Waals surface area (Å²) in [5.74, 6) is 2.98. The molecule has 4 saturated carbocycles. The van der Waals surface area contributed by atoms with Crippen LogP contribution in [0.15, 0.2) is 0 Å². The molecule has 0 saturated heterocycles. The number of halogens is 1. The van der Waals surface area contributed by atoms with Crippen molar-refractivity contribution in [3.05, 3.63) is 0 Å². The van der Waals surface area contributed by atoms with Crippen molar-refractivity contribution in [2.75, 3.05) is 6.61 Å². The van der Waals surface area contributed by atoms with Crippen LogP contribution >= 0.6 is 15.9 Å². The van der Waals surface area contributed by atoms with Gasteiger partial charge >= 0.3 is 0 Å². The average Bonchev–Trinajstić information content (AvgIpc) is 2.14. The average molecular weight is 259 g/mol. The molecule has 1 atom stereocenters. The maximum Gasteiger partial charge on any atom is 0.0561 e. The van der Waals surface area contributed by atoms with Crippen LogP contribution in [0.1, 0.15) is 38.5 Å². The number of alkyl halides is 1. The zero-order chi connectivity index (χ0) is 9.76. The lowest BCUT2D eigenvalue weighted by atomic mass is 9.49. The summed E-state index contributed by atoms with van der Waals surface area (Å²) in [6, 6.07) is 0. The lowest BCUT2D eigenvalue weighted by Gasteiger charge is -2.58. The van der Waals surface area contributed by atoms with E-state index in [0.29, 0.717) is 16.8 Å². The molecule has 0 amide bonds. The fourth-order valence-corrected chi connectivity index (χ4v) is 5.32. The number of rotatable bonds is 2. The molecule has 0 aliphatic heterocycles. The standard InChI is InChI=1S/C12H19BrO/c13-11(7-14)12-4-8-1-9(5-12)3-10(2-8)6-12/h8-11,14H,1-7H2/t8?,9?,10?,11-,12?/m1/s1. The lowest BCUT2D eigenvalue weighted by molar-refractivity contribution is -0.0582. The molecule has 80 valence electrons. The fraction of sp³-hybridized carbons (Fsp3) is 1.00. The van der Waals surface area contributed by atoms with Crippen LogP contribution in [0.25, 0.3) is 0 Å². The number of hydrogen-bond acceptors (Lipinski definition) is 1. The van der Waals surface area contributed by atoms with Crippen LogP contribution in [0.4, 0.5) is 0 Å². The predicted octanol–water partition coefficient (Wildman–Crippen LogP) is 2.96. The van der Waals surface area contributed by atoms with Gasteiger partial charge in [-0.25, -0.2) is 0 Å².